The van der Waals surface area contributed by atoms with Gasteiger partial charge < -0.3 is 14.6 Å². The van der Waals surface area contributed by atoms with Gasteiger partial charge in [-0.3, -0.25) is 0 Å². The molecule has 4 nitrogen and oxygen atoms in total. The van der Waals surface area contributed by atoms with E-state index >= 15 is 0 Å². The van der Waals surface area contributed by atoms with Crippen LogP contribution in [0.15, 0.2) is 36.7 Å². The van der Waals surface area contributed by atoms with Crippen LogP contribution in [-0.2, 0) is 11.3 Å². The molecule has 2 aromatic rings. The van der Waals surface area contributed by atoms with Crippen LogP contribution in [0.1, 0.15) is 18.5 Å². The maximum absolute atomic E-state index is 6.01. The first-order chi connectivity index (χ1) is 9.20. The number of nitrogens with zero attached hydrogens (tertiary/aromatic N) is 2. The van der Waals surface area contributed by atoms with Crippen LogP contribution in [0.5, 0.6) is 0 Å². The number of ether oxygens (including phenoxy) is 1. The number of methoxy groups -OCH3 is 1. The number of hydrogen-bond donors (Lipinski definition) is 1. The van der Waals surface area contributed by atoms with Crippen LogP contribution >= 0.6 is 11.6 Å². The molecule has 1 unspecified atom stereocenters. The molecule has 102 valence electrons. The third kappa shape index (κ3) is 3.72. The van der Waals surface area contributed by atoms with Gasteiger partial charge in [0.1, 0.15) is 0 Å². The Balaban J connectivity index is 2.06. The van der Waals surface area contributed by atoms with Crippen molar-refractivity contribution in [1.29, 1.82) is 0 Å². The number of imidazole rings is 1. The average Bonchev–Trinajstić information content (AvgIpc) is 2.83. The molecule has 1 aromatic heterocycles. The van der Waals surface area contributed by atoms with Gasteiger partial charge in [0.25, 0.3) is 0 Å². The molecule has 0 aliphatic carbocycles. The van der Waals surface area contributed by atoms with E-state index in [1.807, 2.05) is 35.0 Å². The first kappa shape index (κ1) is 13.9. The highest BCUT2D eigenvalue weighted by Crippen LogP contribution is 2.21. The van der Waals surface area contributed by atoms with Gasteiger partial charge in [-0.1, -0.05) is 23.7 Å². The Morgan fingerprint density at radius 2 is 2.32 bits per heavy atom. The fourth-order valence-electron chi connectivity index (χ4n) is 1.87. The first-order valence-corrected chi connectivity index (χ1v) is 6.60. The second-order valence-corrected chi connectivity index (χ2v) is 4.79. The molecule has 0 amide bonds. The van der Waals surface area contributed by atoms with Crippen molar-refractivity contribution in [1.82, 2.24) is 9.55 Å². The molecule has 0 spiro atoms. The molecule has 5 heteroatoms. The normalized spacial score (nSPS) is 12.4. The predicted molar refractivity (Wildman–Crippen MR) is 77.6 cm³/mol. The summed E-state index contributed by atoms with van der Waals surface area (Å²) in [5.41, 5.74) is 1.13. The van der Waals surface area contributed by atoms with E-state index in [9.17, 15) is 0 Å². The van der Waals surface area contributed by atoms with Gasteiger partial charge in [0.15, 0.2) is 0 Å². The lowest BCUT2D eigenvalue weighted by Crippen LogP contribution is -2.13. The van der Waals surface area contributed by atoms with Crippen LogP contribution in [0.2, 0.25) is 5.02 Å². The van der Waals surface area contributed by atoms with Crippen LogP contribution in [0.25, 0.3) is 0 Å². The molecular weight excluding hydrogens is 262 g/mol. The molecular formula is C14H18ClN3O. The van der Waals surface area contributed by atoms with Crippen LogP contribution < -0.4 is 5.32 Å². The molecule has 0 saturated heterocycles. The highest BCUT2D eigenvalue weighted by atomic mass is 35.5. The summed E-state index contributed by atoms with van der Waals surface area (Å²) < 4.78 is 7.11. The Morgan fingerprint density at radius 3 is 3.05 bits per heavy atom. The van der Waals surface area contributed by atoms with Gasteiger partial charge in [0, 0.05) is 31.1 Å². The molecule has 1 aromatic carbocycles. The minimum atomic E-state index is 0.141. The van der Waals surface area contributed by atoms with Gasteiger partial charge in [-0.05, 0) is 24.6 Å². The van der Waals surface area contributed by atoms with Crippen LogP contribution in [0.4, 0.5) is 5.95 Å². The summed E-state index contributed by atoms with van der Waals surface area (Å²) in [4.78, 5) is 4.32. The zero-order valence-corrected chi connectivity index (χ0v) is 11.9. The van der Waals surface area contributed by atoms with Crippen molar-refractivity contribution in [3.63, 3.8) is 0 Å². The molecule has 1 N–H and O–H groups in total. The fourth-order valence-corrected chi connectivity index (χ4v) is 2.07. The Morgan fingerprint density at radius 1 is 1.47 bits per heavy atom. The fraction of sp³-hybridized carbons (Fsp3) is 0.357. The van der Waals surface area contributed by atoms with Crippen molar-refractivity contribution >= 4 is 17.5 Å². The number of rotatable bonds is 6. The lowest BCUT2D eigenvalue weighted by Gasteiger charge is -2.16. The maximum Gasteiger partial charge on any atom is 0.203 e. The number of hydrogen-bond acceptors (Lipinski definition) is 3. The predicted octanol–water partition coefficient (Wildman–Crippen LogP) is 3.36. The lowest BCUT2D eigenvalue weighted by molar-refractivity contribution is 0.187. The zero-order chi connectivity index (χ0) is 13.7. The molecule has 0 bridgehead atoms. The largest absolute Gasteiger partial charge is 0.383 e. The highest BCUT2D eigenvalue weighted by Gasteiger charge is 2.09. The number of nitrogens with one attached hydrogen (secondary N) is 1. The monoisotopic (exact) mass is 279 g/mol. The molecule has 1 heterocycles. The van der Waals surface area contributed by atoms with Crippen molar-refractivity contribution in [2.24, 2.45) is 0 Å². The third-order valence-electron chi connectivity index (χ3n) is 2.95. The summed E-state index contributed by atoms with van der Waals surface area (Å²) in [5.74, 6) is 0.838. The number of halogens is 1. The molecule has 0 saturated carbocycles. The number of anilines is 1. The van der Waals surface area contributed by atoms with E-state index in [2.05, 4.69) is 17.2 Å². The SMILES string of the molecule is COCCn1ccnc1NC(C)c1cccc(Cl)c1. The van der Waals surface area contributed by atoms with E-state index in [-0.39, 0.29) is 6.04 Å². The van der Waals surface area contributed by atoms with Crippen molar-refractivity contribution in [3.05, 3.63) is 47.2 Å². The van der Waals surface area contributed by atoms with Crippen molar-refractivity contribution in [2.45, 2.75) is 19.5 Å². The summed E-state index contributed by atoms with van der Waals surface area (Å²) in [6.07, 6.45) is 3.72. The summed E-state index contributed by atoms with van der Waals surface area (Å²) in [6, 6.07) is 7.97. The van der Waals surface area contributed by atoms with Gasteiger partial charge >= 0.3 is 0 Å². The topological polar surface area (TPSA) is 39.1 Å². The number of benzene rings is 1. The average molecular weight is 280 g/mol. The van der Waals surface area contributed by atoms with Crippen LogP contribution in [0, 0.1) is 0 Å². The molecule has 19 heavy (non-hydrogen) atoms. The smallest absolute Gasteiger partial charge is 0.203 e. The van der Waals surface area contributed by atoms with E-state index in [0.29, 0.717) is 6.61 Å². The first-order valence-electron chi connectivity index (χ1n) is 6.23. The minimum absolute atomic E-state index is 0.141. The summed E-state index contributed by atoms with van der Waals surface area (Å²) >= 11 is 6.01. The Kier molecular flexibility index (Phi) is 4.82. The van der Waals surface area contributed by atoms with E-state index < -0.39 is 0 Å². The maximum atomic E-state index is 6.01. The molecule has 2 rings (SSSR count). The second kappa shape index (κ2) is 6.59. The van der Waals surface area contributed by atoms with Crippen LogP contribution in [0.3, 0.4) is 0 Å². The molecule has 0 aliphatic rings. The highest BCUT2D eigenvalue weighted by molar-refractivity contribution is 6.30. The van der Waals surface area contributed by atoms with E-state index in [1.165, 1.54) is 0 Å². The Bertz CT molecular complexity index is 527. The molecule has 0 fully saturated rings. The summed E-state index contributed by atoms with van der Waals surface area (Å²) in [6.45, 7) is 3.53. The van der Waals surface area contributed by atoms with Gasteiger partial charge in [-0.15, -0.1) is 0 Å². The van der Waals surface area contributed by atoms with Gasteiger partial charge in [-0.25, -0.2) is 4.98 Å². The molecule has 0 aliphatic heterocycles. The van der Waals surface area contributed by atoms with E-state index in [1.54, 1.807) is 13.3 Å². The van der Waals surface area contributed by atoms with E-state index in [0.717, 1.165) is 23.1 Å². The Labute approximate surface area is 118 Å². The van der Waals surface area contributed by atoms with Crippen molar-refractivity contribution < 1.29 is 4.74 Å². The molecule has 1 atom stereocenters. The minimum Gasteiger partial charge on any atom is -0.383 e. The summed E-state index contributed by atoms with van der Waals surface area (Å²) in [5, 5.41) is 4.12. The van der Waals surface area contributed by atoms with Crippen molar-refractivity contribution in [3.8, 4) is 0 Å². The second-order valence-electron chi connectivity index (χ2n) is 4.36. The summed E-state index contributed by atoms with van der Waals surface area (Å²) in [7, 11) is 1.69. The van der Waals surface area contributed by atoms with Crippen molar-refractivity contribution in [2.75, 3.05) is 19.0 Å². The third-order valence-corrected chi connectivity index (χ3v) is 3.18. The van der Waals surface area contributed by atoms with Gasteiger partial charge in [0.2, 0.25) is 5.95 Å². The lowest BCUT2D eigenvalue weighted by atomic mass is 10.1. The van der Waals surface area contributed by atoms with Crippen LogP contribution in [-0.4, -0.2) is 23.3 Å². The molecule has 0 radical (unpaired) electrons. The van der Waals surface area contributed by atoms with E-state index in [4.69, 9.17) is 16.3 Å². The van der Waals surface area contributed by atoms with Gasteiger partial charge in [-0.2, -0.15) is 0 Å². The number of aromatic nitrogens is 2. The quantitative estimate of drug-likeness (QED) is 0.881. The van der Waals surface area contributed by atoms with Gasteiger partial charge in [0.05, 0.1) is 12.6 Å². The Hall–Kier alpha value is -1.52. The standard InChI is InChI=1S/C14H18ClN3O/c1-11(12-4-3-5-13(15)10-12)17-14-16-6-7-18(14)8-9-19-2/h3-7,10-11H,8-9H2,1-2H3,(H,16,17). The zero-order valence-electron chi connectivity index (χ0n) is 11.1.